The van der Waals surface area contributed by atoms with Gasteiger partial charge in [0.1, 0.15) is 12.6 Å². The summed E-state index contributed by atoms with van der Waals surface area (Å²) in [7, 11) is 0. The predicted octanol–water partition coefficient (Wildman–Crippen LogP) is 4.31. The average Bonchev–Trinajstić information content (AvgIpc) is 3.05. The van der Waals surface area contributed by atoms with Crippen LogP contribution in [0.3, 0.4) is 0 Å². The molecule has 0 saturated carbocycles. The molecule has 1 fully saturated rings. The fourth-order valence-electron chi connectivity index (χ4n) is 3.41. The number of thiophene rings is 1. The summed E-state index contributed by atoms with van der Waals surface area (Å²) in [5.74, 6) is -0.0314. The van der Waals surface area contributed by atoms with Crippen molar-refractivity contribution in [2.75, 3.05) is 6.54 Å². The van der Waals surface area contributed by atoms with E-state index in [1.165, 1.54) is 0 Å². The van der Waals surface area contributed by atoms with Gasteiger partial charge in [-0.05, 0) is 36.1 Å². The Morgan fingerprint density at radius 3 is 2.63 bits per heavy atom. The molecule has 0 radical (unpaired) electrons. The molecule has 1 atom stereocenters. The van der Waals surface area contributed by atoms with E-state index >= 15 is 0 Å². The number of halogens is 1. The topological polar surface area (TPSA) is 40.6 Å². The highest BCUT2D eigenvalue weighted by Crippen LogP contribution is 2.30. The van der Waals surface area contributed by atoms with Crippen LogP contribution in [0.15, 0.2) is 54.6 Å². The maximum absolute atomic E-state index is 12.9. The second-order valence-electron chi connectivity index (χ2n) is 6.77. The maximum atomic E-state index is 12.9. The summed E-state index contributed by atoms with van der Waals surface area (Å²) in [4.78, 5) is 29.9. The van der Waals surface area contributed by atoms with Crippen LogP contribution in [0.2, 0.25) is 5.02 Å². The number of carbonyl (C=O) groups excluding carboxylic acids is 2. The summed E-state index contributed by atoms with van der Waals surface area (Å²) < 4.78 is 1.09. The van der Waals surface area contributed by atoms with Crippen molar-refractivity contribution < 1.29 is 9.59 Å². The number of hydrogen-bond donors (Lipinski definition) is 0. The fourth-order valence-corrected chi connectivity index (χ4v) is 4.77. The lowest BCUT2D eigenvalue weighted by atomic mass is 10.1. The molecule has 2 amide bonds. The van der Waals surface area contributed by atoms with Gasteiger partial charge in [-0.3, -0.25) is 9.59 Å². The van der Waals surface area contributed by atoms with Gasteiger partial charge in [0.15, 0.2) is 0 Å². The average molecular weight is 399 g/mol. The lowest BCUT2D eigenvalue weighted by Gasteiger charge is -2.38. The van der Waals surface area contributed by atoms with E-state index in [0.717, 1.165) is 20.5 Å². The Bertz CT molecular complexity index is 1000. The van der Waals surface area contributed by atoms with Crippen molar-refractivity contribution in [1.29, 1.82) is 0 Å². The molecule has 0 spiro atoms. The van der Waals surface area contributed by atoms with Gasteiger partial charge in [-0.25, -0.2) is 0 Å². The number of nitrogens with zero attached hydrogens (tertiary/aromatic N) is 2. The first-order valence-corrected chi connectivity index (χ1v) is 10.0. The number of fused-ring (bicyclic) bond motifs is 1. The number of amides is 2. The van der Waals surface area contributed by atoms with E-state index < -0.39 is 6.04 Å². The number of hydrogen-bond acceptors (Lipinski definition) is 3. The van der Waals surface area contributed by atoms with Crippen molar-refractivity contribution in [3.05, 3.63) is 70.1 Å². The summed E-state index contributed by atoms with van der Waals surface area (Å²) in [6.07, 6.45) is 0. The van der Waals surface area contributed by atoms with E-state index in [1.807, 2.05) is 48.5 Å². The molecule has 4 nitrogen and oxygen atoms in total. The molecule has 0 aliphatic carbocycles. The molecule has 1 aromatic heterocycles. The zero-order chi connectivity index (χ0) is 19.0. The van der Waals surface area contributed by atoms with E-state index in [0.29, 0.717) is 18.1 Å². The summed E-state index contributed by atoms with van der Waals surface area (Å²) in [5, 5.41) is 1.80. The maximum Gasteiger partial charge on any atom is 0.245 e. The minimum absolute atomic E-state index is 0.0129. The molecular formula is C21H19ClN2O2S. The number of benzene rings is 2. The number of carbonyl (C=O) groups is 2. The Morgan fingerprint density at radius 2 is 1.85 bits per heavy atom. The summed E-state index contributed by atoms with van der Waals surface area (Å²) in [6.45, 7) is 2.83. The minimum Gasteiger partial charge on any atom is -0.326 e. The van der Waals surface area contributed by atoms with Crippen LogP contribution in [-0.4, -0.2) is 34.2 Å². The monoisotopic (exact) mass is 398 g/mol. The highest BCUT2D eigenvalue weighted by atomic mass is 35.5. The van der Waals surface area contributed by atoms with Crippen LogP contribution >= 0.6 is 22.9 Å². The molecule has 1 aliphatic rings. The van der Waals surface area contributed by atoms with Crippen LogP contribution in [0.1, 0.15) is 17.4 Å². The van der Waals surface area contributed by atoms with Gasteiger partial charge in [0.25, 0.3) is 0 Å². The lowest BCUT2D eigenvalue weighted by Crippen LogP contribution is -2.57. The predicted molar refractivity (Wildman–Crippen MR) is 109 cm³/mol. The summed E-state index contributed by atoms with van der Waals surface area (Å²) in [6, 6.07) is 17.1. The molecule has 0 N–H and O–H groups in total. The largest absolute Gasteiger partial charge is 0.326 e. The molecule has 0 unspecified atom stereocenters. The van der Waals surface area contributed by atoms with Crippen molar-refractivity contribution in [3.8, 4) is 0 Å². The SMILES string of the molecule is C[C@@H]1C(=O)N(Cc2cc3ccc(Cl)cc3s2)CC(=O)N1Cc1ccccc1. The third-order valence-electron chi connectivity index (χ3n) is 4.86. The molecule has 6 heteroatoms. The molecule has 138 valence electrons. The van der Waals surface area contributed by atoms with Crippen LogP contribution in [0.25, 0.3) is 10.1 Å². The molecule has 1 saturated heterocycles. The Hall–Kier alpha value is -2.37. The van der Waals surface area contributed by atoms with Crippen molar-refractivity contribution in [3.63, 3.8) is 0 Å². The van der Waals surface area contributed by atoms with Gasteiger partial charge in [0, 0.05) is 21.1 Å². The normalized spacial score (nSPS) is 17.8. The van der Waals surface area contributed by atoms with E-state index in [9.17, 15) is 9.59 Å². The molecular weight excluding hydrogens is 380 g/mol. The molecule has 1 aliphatic heterocycles. The first-order valence-electron chi connectivity index (χ1n) is 8.81. The lowest BCUT2D eigenvalue weighted by molar-refractivity contribution is -0.156. The third-order valence-corrected chi connectivity index (χ3v) is 6.18. The zero-order valence-electron chi connectivity index (χ0n) is 14.9. The number of piperazine rings is 1. The molecule has 2 heterocycles. The van der Waals surface area contributed by atoms with E-state index in [1.54, 1.807) is 28.1 Å². The first-order chi connectivity index (χ1) is 13.0. The molecule has 2 aromatic carbocycles. The summed E-state index contributed by atoms with van der Waals surface area (Å²) in [5.41, 5.74) is 1.03. The van der Waals surface area contributed by atoms with Crippen LogP contribution in [0.5, 0.6) is 0 Å². The van der Waals surface area contributed by atoms with Crippen LogP contribution in [0.4, 0.5) is 0 Å². The van der Waals surface area contributed by atoms with Crippen molar-refractivity contribution in [2.24, 2.45) is 0 Å². The third kappa shape index (κ3) is 3.70. The first kappa shape index (κ1) is 18.0. The quantitative estimate of drug-likeness (QED) is 0.656. The minimum atomic E-state index is -0.463. The molecule has 0 bridgehead atoms. The highest BCUT2D eigenvalue weighted by Gasteiger charge is 2.36. The van der Waals surface area contributed by atoms with Gasteiger partial charge >= 0.3 is 0 Å². The number of rotatable bonds is 4. The van der Waals surface area contributed by atoms with E-state index in [-0.39, 0.29) is 18.4 Å². The van der Waals surface area contributed by atoms with E-state index in [4.69, 9.17) is 11.6 Å². The zero-order valence-corrected chi connectivity index (χ0v) is 16.5. The Balaban J connectivity index is 1.50. The second kappa shape index (κ2) is 7.33. The Kier molecular flexibility index (Phi) is 4.89. The fraction of sp³-hybridized carbons (Fsp3) is 0.238. The Morgan fingerprint density at radius 1 is 1.07 bits per heavy atom. The van der Waals surface area contributed by atoms with Crippen molar-refractivity contribution >= 4 is 44.8 Å². The molecule has 27 heavy (non-hydrogen) atoms. The highest BCUT2D eigenvalue weighted by molar-refractivity contribution is 7.19. The molecule has 3 aromatic rings. The van der Waals surface area contributed by atoms with Crippen molar-refractivity contribution in [2.45, 2.75) is 26.1 Å². The van der Waals surface area contributed by atoms with Crippen LogP contribution < -0.4 is 0 Å². The van der Waals surface area contributed by atoms with Crippen LogP contribution in [0, 0.1) is 0 Å². The van der Waals surface area contributed by atoms with Gasteiger partial charge < -0.3 is 9.80 Å². The summed E-state index contributed by atoms with van der Waals surface area (Å²) >= 11 is 7.67. The van der Waals surface area contributed by atoms with Crippen LogP contribution in [-0.2, 0) is 22.7 Å². The van der Waals surface area contributed by atoms with Crippen molar-refractivity contribution in [1.82, 2.24) is 9.80 Å². The smallest absolute Gasteiger partial charge is 0.245 e. The second-order valence-corrected chi connectivity index (χ2v) is 8.38. The van der Waals surface area contributed by atoms with Gasteiger partial charge in [-0.1, -0.05) is 48.0 Å². The van der Waals surface area contributed by atoms with Gasteiger partial charge in [-0.15, -0.1) is 11.3 Å². The van der Waals surface area contributed by atoms with E-state index in [2.05, 4.69) is 6.07 Å². The van der Waals surface area contributed by atoms with Gasteiger partial charge in [-0.2, -0.15) is 0 Å². The molecule has 4 rings (SSSR count). The standard InChI is InChI=1S/C21H19ClN2O2S/c1-14-21(26)23(12-18-9-16-7-8-17(22)10-19(16)27-18)13-20(25)24(14)11-15-5-3-2-4-6-15/h2-10,14H,11-13H2,1H3/t14-/m1/s1. The van der Waals surface area contributed by atoms with Gasteiger partial charge in [0.05, 0.1) is 6.54 Å². The van der Waals surface area contributed by atoms with Gasteiger partial charge in [0.2, 0.25) is 11.8 Å². The Labute approximate surface area is 167 Å².